The zero-order valence-electron chi connectivity index (χ0n) is 14.1. The second kappa shape index (κ2) is 6.98. The Hall–Kier alpha value is -1.80. The lowest BCUT2D eigenvalue weighted by molar-refractivity contribution is 0.0752. The molecule has 24 heavy (non-hydrogen) atoms. The van der Waals surface area contributed by atoms with Crippen molar-refractivity contribution in [3.05, 3.63) is 34.3 Å². The second-order valence-electron chi connectivity index (χ2n) is 6.32. The van der Waals surface area contributed by atoms with E-state index in [9.17, 15) is 9.18 Å². The Morgan fingerprint density at radius 1 is 1.50 bits per heavy atom. The highest BCUT2D eigenvalue weighted by Crippen LogP contribution is 2.24. The molecule has 0 aliphatic carbocycles. The standard InChI is InChI=1S/C16H22FN5OS/c1-11-15(24-10-19-11)16(23)21(3)8-13-6-12(17)7-22(13)9-14-18-4-5-20(14)2/h4-5,10,12-13H,6-9H2,1-3H3/t12-,13-/m0/s1. The highest BCUT2D eigenvalue weighted by molar-refractivity contribution is 7.11. The maximum absolute atomic E-state index is 14.0. The molecule has 0 radical (unpaired) electrons. The van der Waals surface area contributed by atoms with E-state index in [0.717, 1.165) is 11.5 Å². The summed E-state index contributed by atoms with van der Waals surface area (Å²) in [4.78, 5) is 25.4. The molecular formula is C16H22FN5OS. The second-order valence-corrected chi connectivity index (χ2v) is 7.18. The Kier molecular flexibility index (Phi) is 4.96. The summed E-state index contributed by atoms with van der Waals surface area (Å²) >= 11 is 1.35. The van der Waals surface area contributed by atoms with Crippen LogP contribution in [0.3, 0.4) is 0 Å². The van der Waals surface area contributed by atoms with Crippen LogP contribution < -0.4 is 0 Å². The fourth-order valence-corrected chi connectivity index (χ4v) is 3.91. The predicted molar refractivity (Wildman–Crippen MR) is 90.7 cm³/mol. The molecule has 0 unspecified atom stereocenters. The van der Waals surface area contributed by atoms with E-state index in [0.29, 0.717) is 30.9 Å². The maximum Gasteiger partial charge on any atom is 0.265 e. The molecule has 1 amide bonds. The van der Waals surface area contributed by atoms with Gasteiger partial charge in [0.1, 0.15) is 16.9 Å². The summed E-state index contributed by atoms with van der Waals surface area (Å²) in [5.41, 5.74) is 2.42. The fraction of sp³-hybridized carbons (Fsp3) is 0.562. The van der Waals surface area contributed by atoms with E-state index >= 15 is 0 Å². The number of amides is 1. The van der Waals surface area contributed by atoms with Gasteiger partial charge in [-0.3, -0.25) is 9.69 Å². The van der Waals surface area contributed by atoms with Crippen molar-refractivity contribution < 1.29 is 9.18 Å². The average Bonchev–Trinajstić information content (AvgIpc) is 3.22. The molecule has 0 spiro atoms. The number of aromatic nitrogens is 3. The van der Waals surface area contributed by atoms with Gasteiger partial charge in [0, 0.05) is 45.6 Å². The molecule has 130 valence electrons. The minimum Gasteiger partial charge on any atom is -0.339 e. The van der Waals surface area contributed by atoms with Gasteiger partial charge in [-0.05, 0) is 13.3 Å². The van der Waals surface area contributed by atoms with E-state index in [1.807, 2.05) is 24.7 Å². The summed E-state index contributed by atoms with van der Waals surface area (Å²) in [6.45, 7) is 3.31. The van der Waals surface area contributed by atoms with Crippen molar-refractivity contribution in [2.45, 2.75) is 32.1 Å². The van der Waals surface area contributed by atoms with Crippen LogP contribution in [0.2, 0.25) is 0 Å². The van der Waals surface area contributed by atoms with Crippen LogP contribution in [-0.4, -0.2) is 62.6 Å². The molecule has 2 atom stereocenters. The van der Waals surface area contributed by atoms with Crippen LogP contribution in [0.1, 0.15) is 27.6 Å². The quantitative estimate of drug-likeness (QED) is 0.825. The van der Waals surface area contributed by atoms with Gasteiger partial charge in [-0.15, -0.1) is 11.3 Å². The monoisotopic (exact) mass is 351 g/mol. The smallest absolute Gasteiger partial charge is 0.265 e. The predicted octanol–water partition coefficient (Wildman–Crippen LogP) is 1.87. The Morgan fingerprint density at radius 3 is 2.92 bits per heavy atom. The number of hydrogen-bond acceptors (Lipinski definition) is 5. The summed E-state index contributed by atoms with van der Waals surface area (Å²) in [7, 11) is 3.70. The molecule has 0 N–H and O–H groups in total. The Labute approximate surface area is 144 Å². The Bertz CT molecular complexity index is 715. The van der Waals surface area contributed by atoms with Crippen molar-refractivity contribution in [3.8, 4) is 0 Å². The molecule has 0 bridgehead atoms. The molecule has 2 aromatic heterocycles. The van der Waals surface area contributed by atoms with Crippen LogP contribution in [0.25, 0.3) is 0 Å². The number of thiazole rings is 1. The Morgan fingerprint density at radius 2 is 2.29 bits per heavy atom. The van der Waals surface area contributed by atoms with Crippen molar-refractivity contribution in [2.24, 2.45) is 7.05 Å². The van der Waals surface area contributed by atoms with Crippen molar-refractivity contribution in [2.75, 3.05) is 20.1 Å². The van der Waals surface area contributed by atoms with E-state index in [4.69, 9.17) is 0 Å². The number of alkyl halides is 1. The van der Waals surface area contributed by atoms with Crippen LogP contribution in [0.5, 0.6) is 0 Å². The van der Waals surface area contributed by atoms with E-state index in [1.165, 1.54) is 11.3 Å². The van der Waals surface area contributed by atoms with E-state index in [2.05, 4.69) is 14.9 Å². The lowest BCUT2D eigenvalue weighted by Crippen LogP contribution is -2.41. The molecular weight excluding hydrogens is 329 g/mol. The first-order chi connectivity index (χ1) is 11.5. The first-order valence-corrected chi connectivity index (χ1v) is 8.83. The number of rotatable bonds is 5. The van der Waals surface area contributed by atoms with Gasteiger partial charge in [-0.1, -0.05) is 0 Å². The van der Waals surface area contributed by atoms with E-state index in [-0.39, 0.29) is 11.9 Å². The molecule has 3 rings (SSSR count). The van der Waals surface area contributed by atoms with Crippen molar-refractivity contribution >= 4 is 17.2 Å². The van der Waals surface area contributed by atoms with Crippen molar-refractivity contribution in [1.29, 1.82) is 0 Å². The zero-order valence-corrected chi connectivity index (χ0v) is 15.0. The molecule has 8 heteroatoms. The number of likely N-dealkylation sites (tertiary alicyclic amines) is 1. The minimum absolute atomic E-state index is 0.00104. The lowest BCUT2D eigenvalue weighted by atomic mass is 10.2. The number of carbonyl (C=O) groups excluding carboxylic acids is 1. The number of aryl methyl sites for hydroxylation is 2. The molecule has 1 aliphatic rings. The van der Waals surface area contributed by atoms with Gasteiger partial charge in [0.2, 0.25) is 0 Å². The fourth-order valence-electron chi connectivity index (χ4n) is 3.12. The summed E-state index contributed by atoms with van der Waals surface area (Å²) < 4.78 is 15.9. The number of likely N-dealkylation sites (N-methyl/N-ethyl adjacent to an activating group) is 1. The SMILES string of the molecule is Cc1ncsc1C(=O)N(C)C[C@@H]1C[C@H](F)CN1Cc1nccn1C. The van der Waals surface area contributed by atoms with E-state index < -0.39 is 6.17 Å². The summed E-state index contributed by atoms with van der Waals surface area (Å²) in [6.07, 6.45) is 3.22. The van der Waals surface area contributed by atoms with Crippen molar-refractivity contribution in [1.82, 2.24) is 24.3 Å². The van der Waals surface area contributed by atoms with Crippen LogP contribution in [0.4, 0.5) is 4.39 Å². The van der Waals surface area contributed by atoms with E-state index in [1.54, 1.807) is 23.7 Å². The lowest BCUT2D eigenvalue weighted by Gasteiger charge is -2.28. The molecule has 0 aromatic carbocycles. The van der Waals surface area contributed by atoms with Crippen LogP contribution in [-0.2, 0) is 13.6 Å². The highest BCUT2D eigenvalue weighted by atomic mass is 32.1. The van der Waals surface area contributed by atoms with Gasteiger partial charge in [-0.25, -0.2) is 14.4 Å². The van der Waals surface area contributed by atoms with Gasteiger partial charge in [0.15, 0.2) is 0 Å². The number of imidazole rings is 1. The largest absolute Gasteiger partial charge is 0.339 e. The molecule has 1 fully saturated rings. The summed E-state index contributed by atoms with van der Waals surface area (Å²) in [6, 6.07) is -0.00104. The van der Waals surface area contributed by atoms with Gasteiger partial charge in [0.25, 0.3) is 5.91 Å². The van der Waals surface area contributed by atoms with Crippen LogP contribution >= 0.6 is 11.3 Å². The highest BCUT2D eigenvalue weighted by Gasteiger charge is 2.34. The number of hydrogen-bond donors (Lipinski definition) is 0. The topological polar surface area (TPSA) is 54.3 Å². The van der Waals surface area contributed by atoms with Crippen LogP contribution in [0, 0.1) is 6.92 Å². The first kappa shape index (κ1) is 17.0. The first-order valence-electron chi connectivity index (χ1n) is 7.95. The minimum atomic E-state index is -0.857. The van der Waals surface area contributed by atoms with Gasteiger partial charge in [-0.2, -0.15) is 0 Å². The van der Waals surface area contributed by atoms with Crippen LogP contribution in [0.15, 0.2) is 17.9 Å². The number of halogens is 1. The number of nitrogens with zero attached hydrogens (tertiary/aromatic N) is 5. The molecule has 3 heterocycles. The molecule has 6 nitrogen and oxygen atoms in total. The average molecular weight is 351 g/mol. The third-order valence-electron chi connectivity index (χ3n) is 4.51. The Balaban J connectivity index is 1.67. The van der Waals surface area contributed by atoms with Crippen molar-refractivity contribution in [3.63, 3.8) is 0 Å². The molecule has 1 saturated heterocycles. The normalized spacial score (nSPS) is 21.3. The molecule has 2 aromatic rings. The number of carbonyl (C=O) groups is 1. The summed E-state index contributed by atoms with van der Waals surface area (Å²) in [5, 5.41) is 0. The molecule has 0 saturated carbocycles. The van der Waals surface area contributed by atoms with Gasteiger partial charge < -0.3 is 9.47 Å². The zero-order chi connectivity index (χ0) is 17.3. The summed E-state index contributed by atoms with van der Waals surface area (Å²) in [5.74, 6) is 0.857. The van der Waals surface area contributed by atoms with Gasteiger partial charge >= 0.3 is 0 Å². The maximum atomic E-state index is 14.0. The van der Waals surface area contributed by atoms with Gasteiger partial charge in [0.05, 0.1) is 17.7 Å². The molecule has 1 aliphatic heterocycles. The third-order valence-corrected chi connectivity index (χ3v) is 5.43. The third kappa shape index (κ3) is 3.49.